The molecule has 28 heavy (non-hydrogen) atoms. The Kier molecular flexibility index (Phi) is 5.71. The Morgan fingerprint density at radius 2 is 1.82 bits per heavy atom. The third-order valence-corrected chi connectivity index (χ3v) is 6.22. The van der Waals surface area contributed by atoms with Gasteiger partial charge in [0.2, 0.25) is 11.1 Å². The Morgan fingerprint density at radius 3 is 2.54 bits per heavy atom. The van der Waals surface area contributed by atoms with Crippen molar-refractivity contribution in [2.45, 2.75) is 49.1 Å². The summed E-state index contributed by atoms with van der Waals surface area (Å²) in [5.41, 5.74) is 2.87. The molecule has 0 radical (unpaired) electrons. The highest BCUT2D eigenvalue weighted by Gasteiger charge is 2.28. The van der Waals surface area contributed by atoms with Gasteiger partial charge < -0.3 is 5.32 Å². The van der Waals surface area contributed by atoms with Gasteiger partial charge in [-0.05, 0) is 47.9 Å². The first-order valence-corrected chi connectivity index (χ1v) is 10.5. The SMILES string of the molecule is Cc1ccc(NC(=O)[C@@H](Sc2nnnn2C2CCCC2)c2ccccc2)cc1. The van der Waals surface area contributed by atoms with Crippen LogP contribution >= 0.6 is 11.8 Å². The van der Waals surface area contributed by atoms with E-state index < -0.39 is 5.25 Å². The molecule has 1 aliphatic rings. The number of tetrazole rings is 1. The minimum absolute atomic E-state index is 0.0824. The molecular formula is C21H23N5OS. The van der Waals surface area contributed by atoms with Gasteiger partial charge in [-0.3, -0.25) is 4.79 Å². The molecule has 0 unspecified atom stereocenters. The van der Waals surface area contributed by atoms with Gasteiger partial charge in [0.15, 0.2) is 0 Å². The van der Waals surface area contributed by atoms with Crippen LogP contribution in [0.5, 0.6) is 0 Å². The Bertz CT molecular complexity index is 919. The van der Waals surface area contributed by atoms with Crippen LogP contribution in [0.4, 0.5) is 5.69 Å². The maximum Gasteiger partial charge on any atom is 0.242 e. The Labute approximate surface area is 168 Å². The molecule has 1 aromatic heterocycles. The highest BCUT2D eigenvalue weighted by atomic mass is 32.2. The number of amides is 1. The van der Waals surface area contributed by atoms with Crippen LogP contribution in [-0.4, -0.2) is 26.1 Å². The van der Waals surface area contributed by atoms with Gasteiger partial charge in [-0.1, -0.05) is 72.6 Å². The maximum absolute atomic E-state index is 13.1. The summed E-state index contributed by atoms with van der Waals surface area (Å²) >= 11 is 1.41. The molecule has 2 aromatic carbocycles. The van der Waals surface area contributed by atoms with Crippen molar-refractivity contribution < 1.29 is 4.79 Å². The number of anilines is 1. The van der Waals surface area contributed by atoms with E-state index in [9.17, 15) is 4.79 Å². The van der Waals surface area contributed by atoms with E-state index in [2.05, 4.69) is 20.8 Å². The second-order valence-corrected chi connectivity index (χ2v) is 8.18. The average Bonchev–Trinajstić information content (AvgIpc) is 3.40. The molecule has 0 aliphatic heterocycles. The van der Waals surface area contributed by atoms with Crippen molar-refractivity contribution in [3.8, 4) is 0 Å². The van der Waals surface area contributed by atoms with Gasteiger partial charge in [0.1, 0.15) is 5.25 Å². The lowest BCUT2D eigenvalue weighted by atomic mass is 10.1. The quantitative estimate of drug-likeness (QED) is 0.621. The number of hydrogen-bond donors (Lipinski definition) is 1. The molecule has 4 rings (SSSR count). The van der Waals surface area contributed by atoms with Gasteiger partial charge in [0, 0.05) is 5.69 Å². The topological polar surface area (TPSA) is 72.7 Å². The molecule has 1 atom stereocenters. The number of aromatic nitrogens is 4. The molecular weight excluding hydrogens is 370 g/mol. The van der Waals surface area contributed by atoms with Crippen molar-refractivity contribution >= 4 is 23.4 Å². The first-order chi connectivity index (χ1) is 13.7. The van der Waals surface area contributed by atoms with E-state index in [1.807, 2.05) is 66.2 Å². The second kappa shape index (κ2) is 8.56. The molecule has 144 valence electrons. The van der Waals surface area contributed by atoms with Crippen molar-refractivity contribution in [1.29, 1.82) is 0 Å². The molecule has 0 spiro atoms. The van der Waals surface area contributed by atoms with Crippen LogP contribution < -0.4 is 5.32 Å². The van der Waals surface area contributed by atoms with Crippen molar-refractivity contribution in [1.82, 2.24) is 20.2 Å². The molecule has 0 bridgehead atoms. The first kappa shape index (κ1) is 18.7. The third-order valence-electron chi connectivity index (χ3n) is 5.02. The van der Waals surface area contributed by atoms with E-state index in [1.54, 1.807) is 0 Å². The number of carbonyl (C=O) groups excluding carboxylic acids is 1. The summed E-state index contributed by atoms with van der Waals surface area (Å²) in [6, 6.07) is 17.9. The van der Waals surface area contributed by atoms with Crippen LogP contribution in [0.3, 0.4) is 0 Å². The van der Waals surface area contributed by atoms with Crippen molar-refractivity contribution in [3.05, 3.63) is 65.7 Å². The summed E-state index contributed by atoms with van der Waals surface area (Å²) in [7, 11) is 0. The summed E-state index contributed by atoms with van der Waals surface area (Å²) in [4.78, 5) is 13.1. The van der Waals surface area contributed by atoms with Gasteiger partial charge in [-0.15, -0.1) is 5.10 Å². The monoisotopic (exact) mass is 393 g/mol. The van der Waals surface area contributed by atoms with E-state index in [1.165, 1.54) is 24.6 Å². The smallest absolute Gasteiger partial charge is 0.242 e. The lowest BCUT2D eigenvalue weighted by molar-refractivity contribution is -0.115. The average molecular weight is 394 g/mol. The zero-order valence-corrected chi connectivity index (χ0v) is 16.6. The maximum atomic E-state index is 13.1. The fourth-order valence-corrected chi connectivity index (χ4v) is 4.54. The van der Waals surface area contributed by atoms with Crippen LogP contribution in [0.2, 0.25) is 0 Å². The van der Waals surface area contributed by atoms with Crippen LogP contribution in [0, 0.1) is 6.92 Å². The minimum atomic E-state index is -0.436. The predicted octanol–water partition coefficient (Wildman–Crippen LogP) is 4.57. The zero-order chi connectivity index (χ0) is 19.3. The Hall–Kier alpha value is -2.67. The molecule has 1 saturated carbocycles. The summed E-state index contributed by atoms with van der Waals surface area (Å²) < 4.78 is 1.90. The lowest BCUT2D eigenvalue weighted by Gasteiger charge is -2.18. The van der Waals surface area contributed by atoms with E-state index in [4.69, 9.17) is 0 Å². The van der Waals surface area contributed by atoms with Crippen LogP contribution in [0.15, 0.2) is 59.8 Å². The number of carbonyl (C=O) groups is 1. The fourth-order valence-electron chi connectivity index (χ4n) is 3.49. The number of nitrogens with one attached hydrogen (secondary N) is 1. The van der Waals surface area contributed by atoms with E-state index in [0.717, 1.165) is 29.7 Å². The van der Waals surface area contributed by atoms with E-state index >= 15 is 0 Å². The molecule has 1 aliphatic carbocycles. The molecule has 1 fully saturated rings. The van der Waals surface area contributed by atoms with Gasteiger partial charge >= 0.3 is 0 Å². The van der Waals surface area contributed by atoms with E-state index in [0.29, 0.717) is 11.2 Å². The van der Waals surface area contributed by atoms with Crippen molar-refractivity contribution in [3.63, 3.8) is 0 Å². The first-order valence-electron chi connectivity index (χ1n) is 9.58. The minimum Gasteiger partial charge on any atom is -0.325 e. The molecule has 1 amide bonds. The molecule has 1 heterocycles. The molecule has 6 nitrogen and oxygen atoms in total. The highest BCUT2D eigenvalue weighted by molar-refractivity contribution is 8.00. The fraction of sp³-hybridized carbons (Fsp3) is 0.333. The highest BCUT2D eigenvalue weighted by Crippen LogP contribution is 2.38. The predicted molar refractivity (Wildman–Crippen MR) is 110 cm³/mol. The lowest BCUT2D eigenvalue weighted by Crippen LogP contribution is -2.20. The third kappa shape index (κ3) is 4.25. The Morgan fingerprint density at radius 1 is 1.11 bits per heavy atom. The summed E-state index contributed by atoms with van der Waals surface area (Å²) in [5.74, 6) is -0.0824. The van der Waals surface area contributed by atoms with Crippen LogP contribution in [0.1, 0.15) is 48.1 Å². The molecule has 0 saturated heterocycles. The summed E-state index contributed by atoms with van der Waals surface area (Å²) in [5, 5.41) is 15.6. The zero-order valence-electron chi connectivity index (χ0n) is 15.8. The number of thioether (sulfide) groups is 1. The number of hydrogen-bond acceptors (Lipinski definition) is 5. The summed E-state index contributed by atoms with van der Waals surface area (Å²) in [6.45, 7) is 2.02. The molecule has 7 heteroatoms. The Balaban J connectivity index is 1.58. The van der Waals surface area contributed by atoms with Crippen LogP contribution in [-0.2, 0) is 4.79 Å². The van der Waals surface area contributed by atoms with E-state index in [-0.39, 0.29) is 5.91 Å². The molecule has 3 aromatic rings. The number of rotatable bonds is 6. The number of benzene rings is 2. The number of aryl methyl sites for hydroxylation is 1. The van der Waals surface area contributed by atoms with Crippen molar-refractivity contribution in [2.75, 3.05) is 5.32 Å². The normalized spacial score (nSPS) is 15.5. The van der Waals surface area contributed by atoms with Gasteiger partial charge in [-0.25, -0.2) is 4.68 Å². The van der Waals surface area contributed by atoms with Crippen LogP contribution in [0.25, 0.3) is 0 Å². The molecule has 1 N–H and O–H groups in total. The van der Waals surface area contributed by atoms with Crippen molar-refractivity contribution in [2.24, 2.45) is 0 Å². The van der Waals surface area contributed by atoms with Gasteiger partial charge in [0.25, 0.3) is 0 Å². The van der Waals surface area contributed by atoms with Gasteiger partial charge in [-0.2, -0.15) is 0 Å². The largest absolute Gasteiger partial charge is 0.325 e. The van der Waals surface area contributed by atoms with Gasteiger partial charge in [0.05, 0.1) is 6.04 Å². The summed E-state index contributed by atoms with van der Waals surface area (Å²) in [6.07, 6.45) is 4.57. The standard InChI is InChI=1S/C21H23N5OS/c1-15-11-13-17(14-12-15)22-20(27)19(16-7-3-2-4-8-16)28-21-23-24-25-26(21)18-9-5-6-10-18/h2-4,7-8,11-14,18-19H,5-6,9-10H2,1H3,(H,22,27)/t19-/m0/s1. The second-order valence-electron chi connectivity index (χ2n) is 7.11. The number of nitrogens with zero attached hydrogens (tertiary/aromatic N) is 4.